The average molecular weight is 720 g/mol. The maximum atomic E-state index is 14.1. The van der Waals surface area contributed by atoms with E-state index in [2.05, 4.69) is 12.1 Å². The van der Waals surface area contributed by atoms with Crippen molar-refractivity contribution >= 4 is 23.6 Å². The largest absolute Gasteiger partial charge is 0.462 e. The van der Waals surface area contributed by atoms with Crippen LogP contribution in [0.2, 0.25) is 0 Å². The molecule has 12 nitrogen and oxygen atoms in total. The molecular weight excluding hydrogens is 670 g/mol. The molecule has 0 amide bonds. The predicted octanol–water partition coefficient (Wildman–Crippen LogP) is 4.63. The van der Waals surface area contributed by atoms with Crippen molar-refractivity contribution in [2.75, 3.05) is 7.11 Å². The van der Waals surface area contributed by atoms with Crippen molar-refractivity contribution in [1.29, 1.82) is 0 Å². The van der Waals surface area contributed by atoms with Gasteiger partial charge < -0.3 is 38.7 Å². The van der Waals surface area contributed by atoms with Gasteiger partial charge in [0.25, 0.3) is 0 Å². The molecule has 2 N–H and O–H groups in total. The molecule has 0 aromatic heterocycles. The van der Waals surface area contributed by atoms with Crippen LogP contribution in [0.5, 0.6) is 0 Å². The lowest BCUT2D eigenvalue weighted by Gasteiger charge is -2.49. The van der Waals surface area contributed by atoms with Crippen LogP contribution in [0.3, 0.4) is 0 Å². The molecule has 3 saturated heterocycles. The molecule has 280 valence electrons. The minimum atomic E-state index is -2.21. The van der Waals surface area contributed by atoms with Crippen molar-refractivity contribution in [3.8, 4) is 0 Å². The van der Waals surface area contributed by atoms with E-state index in [0.29, 0.717) is 36.3 Å². The summed E-state index contributed by atoms with van der Waals surface area (Å²) in [5.41, 5.74) is -0.792. The summed E-state index contributed by atoms with van der Waals surface area (Å²) in [5, 5.41) is 27.2. The molecule has 1 aromatic rings. The van der Waals surface area contributed by atoms with Gasteiger partial charge in [0.15, 0.2) is 23.2 Å². The highest BCUT2D eigenvalue weighted by atomic mass is 16.7. The zero-order valence-corrected chi connectivity index (χ0v) is 30.5. The second-order valence-electron chi connectivity index (χ2n) is 14.8. The highest BCUT2D eigenvalue weighted by Gasteiger charge is 2.64. The fraction of sp³-hybridized carbons (Fsp3) is 0.550. The number of carbonyl (C=O) groups is 3. The topological polar surface area (TPSA) is 159 Å². The van der Waals surface area contributed by atoms with E-state index >= 15 is 0 Å². The van der Waals surface area contributed by atoms with Gasteiger partial charge in [-0.2, -0.15) is 0 Å². The van der Waals surface area contributed by atoms with Crippen LogP contribution in [-0.4, -0.2) is 89.0 Å². The number of rotatable bonds is 4. The maximum absolute atomic E-state index is 14.1. The summed E-state index contributed by atoms with van der Waals surface area (Å²) in [6, 6.07) is 8.85. The van der Waals surface area contributed by atoms with Crippen LogP contribution in [0, 0.1) is 17.8 Å². The summed E-state index contributed by atoms with van der Waals surface area (Å²) >= 11 is 0. The number of allylic oxidation sites excluding steroid dienone is 2. The van der Waals surface area contributed by atoms with E-state index in [1.807, 2.05) is 32.9 Å². The Morgan fingerprint density at radius 1 is 1.02 bits per heavy atom. The molecule has 2 bridgehead atoms. The Balaban J connectivity index is 1.41. The van der Waals surface area contributed by atoms with E-state index in [4.69, 9.17) is 28.5 Å². The lowest BCUT2D eigenvalue weighted by atomic mass is 9.70. The highest BCUT2D eigenvalue weighted by Crippen LogP contribution is 2.47. The van der Waals surface area contributed by atoms with Gasteiger partial charge in [-0.1, -0.05) is 73.6 Å². The molecule has 52 heavy (non-hydrogen) atoms. The van der Waals surface area contributed by atoms with Gasteiger partial charge in [-0.05, 0) is 56.8 Å². The second-order valence-corrected chi connectivity index (χ2v) is 14.8. The lowest BCUT2D eigenvalue weighted by Crippen LogP contribution is -2.58. The summed E-state index contributed by atoms with van der Waals surface area (Å²) in [6.07, 6.45) is 5.83. The fourth-order valence-electron chi connectivity index (χ4n) is 7.98. The van der Waals surface area contributed by atoms with Crippen molar-refractivity contribution in [2.24, 2.45) is 22.9 Å². The Bertz CT molecular complexity index is 1700. The molecule has 1 spiro atoms. The van der Waals surface area contributed by atoms with Crippen LogP contribution in [0.1, 0.15) is 72.3 Å². The monoisotopic (exact) mass is 719 g/mol. The molecule has 0 saturated carbocycles. The number of benzene rings is 1. The molecule has 0 radical (unpaired) electrons. The Labute approximate surface area is 304 Å². The summed E-state index contributed by atoms with van der Waals surface area (Å²) in [6.45, 7) is 9.46. The standard InChI is InChI=1S/C40H49NO11/c1-22-17-18-39(51-26(22)5)21-29-20-28(52-39)16-15-24(3)34(49-38(45)32(41-47-6)27-12-8-7-9-13-27)23(2)11-10-14-30-36(43)50-35-33(42)25(4)19-31(37(44)48-29)40(30,35)46/h7-15,19,22-23,26,28-29,31,33-35,42,46H,16-18,20-21H2,1-6H3/b11-10+,24-15+,30-14+,41-32-/t22-,23-,26?,28?,29?,31?,33+,34?,35?,39?,40+/m0/s1. The van der Waals surface area contributed by atoms with Gasteiger partial charge >= 0.3 is 17.9 Å². The first-order valence-electron chi connectivity index (χ1n) is 18.0. The van der Waals surface area contributed by atoms with Gasteiger partial charge in [-0.15, -0.1) is 0 Å². The van der Waals surface area contributed by atoms with Crippen LogP contribution in [0.25, 0.3) is 0 Å². The molecule has 12 heteroatoms. The Hall–Kier alpha value is -4.10. The van der Waals surface area contributed by atoms with Crippen LogP contribution in [0.4, 0.5) is 0 Å². The first-order chi connectivity index (χ1) is 24.8. The third-order valence-corrected chi connectivity index (χ3v) is 11.1. The molecule has 5 aliphatic rings. The highest BCUT2D eigenvalue weighted by molar-refractivity contribution is 6.43. The van der Waals surface area contributed by atoms with Gasteiger partial charge in [-0.25, -0.2) is 9.59 Å². The summed E-state index contributed by atoms with van der Waals surface area (Å²) in [5.74, 6) is -4.78. The zero-order valence-electron chi connectivity index (χ0n) is 30.5. The molecular formula is C40H49NO11. The molecule has 11 atom stereocenters. The molecule has 3 fully saturated rings. The quantitative estimate of drug-likeness (QED) is 0.147. The zero-order chi connectivity index (χ0) is 37.4. The summed E-state index contributed by atoms with van der Waals surface area (Å²) < 4.78 is 31.1. The number of hydrogen-bond donors (Lipinski definition) is 2. The third-order valence-electron chi connectivity index (χ3n) is 11.1. The van der Waals surface area contributed by atoms with Crippen LogP contribution >= 0.6 is 0 Å². The Morgan fingerprint density at radius 3 is 2.48 bits per heavy atom. The smallest absolute Gasteiger partial charge is 0.361 e. The SMILES string of the molecule is CO/N=C(\C(=O)OC1/C(C)=C/CC2CC(CC3(CC[C@H](C)C(C)O3)O2)OC(=O)C2C=C(C)[C@@H](O)C3OC(=O)/C(=C\C=C\[C@@H]1C)[C@@]23O)c1ccccc1. The number of ether oxygens (including phenoxy) is 5. The van der Waals surface area contributed by atoms with E-state index in [9.17, 15) is 24.6 Å². The van der Waals surface area contributed by atoms with Gasteiger partial charge in [-0.3, -0.25) is 4.79 Å². The summed E-state index contributed by atoms with van der Waals surface area (Å²) in [7, 11) is 1.35. The third kappa shape index (κ3) is 7.26. The van der Waals surface area contributed by atoms with Crippen molar-refractivity contribution in [2.45, 2.75) is 115 Å². The van der Waals surface area contributed by atoms with Gasteiger partial charge in [0.1, 0.15) is 31.3 Å². The minimum absolute atomic E-state index is 0.00596. The number of hydrogen-bond acceptors (Lipinski definition) is 12. The first-order valence-corrected chi connectivity index (χ1v) is 18.0. The lowest BCUT2D eigenvalue weighted by molar-refractivity contribution is -0.332. The number of esters is 3. The first kappa shape index (κ1) is 37.7. The maximum Gasteiger partial charge on any atom is 0.361 e. The molecule has 1 aliphatic carbocycles. The van der Waals surface area contributed by atoms with Gasteiger partial charge in [0.05, 0.1) is 17.8 Å². The van der Waals surface area contributed by atoms with E-state index in [1.54, 1.807) is 43.3 Å². The molecule has 4 heterocycles. The molecule has 7 unspecified atom stereocenters. The molecule has 4 aliphatic heterocycles. The van der Waals surface area contributed by atoms with E-state index < -0.39 is 71.7 Å². The van der Waals surface area contributed by atoms with Crippen molar-refractivity contribution in [1.82, 2.24) is 0 Å². The van der Waals surface area contributed by atoms with Gasteiger partial charge in [0.2, 0.25) is 0 Å². The fourth-order valence-corrected chi connectivity index (χ4v) is 7.98. The van der Waals surface area contributed by atoms with E-state index in [-0.39, 0.29) is 23.8 Å². The number of fused-ring (bicyclic) bond motifs is 2. The summed E-state index contributed by atoms with van der Waals surface area (Å²) in [4.78, 5) is 46.1. The predicted molar refractivity (Wildman–Crippen MR) is 188 cm³/mol. The molecule has 6 rings (SSSR count). The second kappa shape index (κ2) is 15.1. The number of aliphatic hydroxyl groups is 2. The average Bonchev–Trinajstić information content (AvgIpc) is 3.37. The Kier molecular flexibility index (Phi) is 10.9. The Morgan fingerprint density at radius 2 is 1.77 bits per heavy atom. The van der Waals surface area contributed by atoms with Crippen LogP contribution in [-0.2, 0) is 42.9 Å². The number of nitrogens with zero attached hydrogens (tertiary/aromatic N) is 1. The number of carbonyl (C=O) groups excluding carboxylic acids is 3. The van der Waals surface area contributed by atoms with Gasteiger partial charge in [0, 0.05) is 30.7 Å². The number of oxime groups is 1. The van der Waals surface area contributed by atoms with E-state index in [1.165, 1.54) is 19.3 Å². The van der Waals surface area contributed by atoms with Crippen LogP contribution < -0.4 is 0 Å². The van der Waals surface area contributed by atoms with E-state index in [0.717, 1.165) is 12.0 Å². The minimum Gasteiger partial charge on any atom is -0.462 e. The van der Waals surface area contributed by atoms with Crippen LogP contribution in [0.15, 0.2) is 82.6 Å². The number of aliphatic hydroxyl groups excluding tert-OH is 1. The van der Waals surface area contributed by atoms with Crippen molar-refractivity contribution in [3.63, 3.8) is 0 Å². The molecule has 1 aromatic carbocycles. The normalized spacial score (nSPS) is 40.9. The van der Waals surface area contributed by atoms with Crippen molar-refractivity contribution < 1.29 is 53.1 Å². The van der Waals surface area contributed by atoms with Crippen molar-refractivity contribution in [3.05, 3.63) is 83.0 Å².